The van der Waals surface area contributed by atoms with Crippen molar-refractivity contribution in [3.8, 4) is 0 Å². The van der Waals surface area contributed by atoms with Crippen LogP contribution in [0.2, 0.25) is 0 Å². The number of aliphatic hydroxyl groups excluding tert-OH is 1. The first-order chi connectivity index (χ1) is 4.57. The Labute approximate surface area is 60.7 Å². The molecule has 0 aliphatic carbocycles. The molecule has 0 spiro atoms. The maximum Gasteiger partial charge on any atom is 0.249 e. The lowest BCUT2D eigenvalue weighted by molar-refractivity contribution is -0.128. The van der Waals surface area contributed by atoms with E-state index in [-0.39, 0.29) is 11.9 Å². The minimum Gasteiger partial charge on any atom is -0.384 e. The summed E-state index contributed by atoms with van der Waals surface area (Å²) in [7, 11) is 0. The van der Waals surface area contributed by atoms with Crippen LogP contribution in [0.3, 0.4) is 0 Å². The van der Waals surface area contributed by atoms with Crippen LogP contribution in [0.5, 0.6) is 0 Å². The van der Waals surface area contributed by atoms with Crippen LogP contribution in [0.25, 0.3) is 0 Å². The molecule has 2 N–H and O–H groups in total. The molecule has 1 unspecified atom stereocenters. The Morgan fingerprint density at radius 1 is 1.70 bits per heavy atom. The summed E-state index contributed by atoms with van der Waals surface area (Å²) in [6, 6.07) is -0.0814. The second-order valence-corrected chi connectivity index (χ2v) is 2.21. The average molecular weight is 143 g/mol. The fourth-order valence-corrected chi connectivity index (χ4v) is 0.404. The predicted octanol–water partition coefficient (Wildman–Crippen LogP) is 0.0579. The molecule has 0 aromatic heterocycles. The first-order valence-corrected chi connectivity index (χ1v) is 3.19. The van der Waals surface area contributed by atoms with Crippen LogP contribution in [0.4, 0.5) is 0 Å². The van der Waals surface area contributed by atoms with E-state index in [2.05, 4.69) is 11.9 Å². The smallest absolute Gasteiger partial charge is 0.249 e. The molecule has 3 heteroatoms. The highest BCUT2D eigenvalue weighted by molar-refractivity contribution is 5.80. The standard InChI is InChI=1S/C7H13NO2/c1-4-5(2)8-7(10)6(3)9/h4-6,9H,1H2,2-3H3,(H,8,10)/t5?,6-/m1/s1. The van der Waals surface area contributed by atoms with Crippen LogP contribution in [-0.2, 0) is 4.79 Å². The fourth-order valence-electron chi connectivity index (χ4n) is 0.404. The van der Waals surface area contributed by atoms with E-state index in [1.54, 1.807) is 13.0 Å². The van der Waals surface area contributed by atoms with Crippen LogP contribution in [0.1, 0.15) is 13.8 Å². The van der Waals surface area contributed by atoms with E-state index in [0.717, 1.165) is 0 Å². The van der Waals surface area contributed by atoms with Crippen LogP contribution < -0.4 is 5.32 Å². The molecule has 0 radical (unpaired) electrons. The van der Waals surface area contributed by atoms with E-state index < -0.39 is 6.10 Å². The highest BCUT2D eigenvalue weighted by Crippen LogP contribution is 1.84. The average Bonchev–Trinajstić information content (AvgIpc) is 1.87. The number of carbonyl (C=O) groups is 1. The van der Waals surface area contributed by atoms with Gasteiger partial charge in [-0.25, -0.2) is 0 Å². The van der Waals surface area contributed by atoms with E-state index in [9.17, 15) is 4.79 Å². The van der Waals surface area contributed by atoms with Gasteiger partial charge in [-0.2, -0.15) is 0 Å². The summed E-state index contributed by atoms with van der Waals surface area (Å²) in [4.78, 5) is 10.7. The Bertz CT molecular complexity index is 132. The third-order valence-corrected chi connectivity index (χ3v) is 1.10. The van der Waals surface area contributed by atoms with Crippen molar-refractivity contribution in [3.05, 3.63) is 12.7 Å². The highest BCUT2D eigenvalue weighted by atomic mass is 16.3. The predicted molar refractivity (Wildman–Crippen MR) is 39.5 cm³/mol. The highest BCUT2D eigenvalue weighted by Gasteiger charge is 2.08. The Balaban J connectivity index is 3.68. The molecule has 0 rings (SSSR count). The van der Waals surface area contributed by atoms with Gasteiger partial charge < -0.3 is 10.4 Å². The lowest BCUT2D eigenvalue weighted by Crippen LogP contribution is -2.37. The minimum absolute atomic E-state index is 0.0814. The third kappa shape index (κ3) is 3.25. The maximum atomic E-state index is 10.7. The first kappa shape index (κ1) is 9.17. The normalized spacial score (nSPS) is 15.5. The van der Waals surface area contributed by atoms with Crippen molar-refractivity contribution in [2.45, 2.75) is 26.0 Å². The molecule has 1 amide bonds. The fraction of sp³-hybridized carbons (Fsp3) is 0.571. The molecule has 0 fully saturated rings. The van der Waals surface area contributed by atoms with Gasteiger partial charge in [-0.3, -0.25) is 4.79 Å². The minimum atomic E-state index is -0.942. The topological polar surface area (TPSA) is 49.3 Å². The molecule has 0 saturated heterocycles. The van der Waals surface area contributed by atoms with Crippen molar-refractivity contribution < 1.29 is 9.90 Å². The van der Waals surface area contributed by atoms with Gasteiger partial charge in [0.05, 0.1) is 0 Å². The molecule has 0 heterocycles. The Morgan fingerprint density at radius 2 is 2.20 bits per heavy atom. The summed E-state index contributed by atoms with van der Waals surface area (Å²) in [5, 5.41) is 11.2. The van der Waals surface area contributed by atoms with Crippen molar-refractivity contribution >= 4 is 5.91 Å². The quantitative estimate of drug-likeness (QED) is 0.549. The van der Waals surface area contributed by atoms with E-state index in [0.29, 0.717) is 0 Å². The second kappa shape index (κ2) is 4.06. The molecule has 0 saturated carbocycles. The van der Waals surface area contributed by atoms with Gasteiger partial charge in [-0.05, 0) is 13.8 Å². The molecule has 0 aromatic carbocycles. The van der Waals surface area contributed by atoms with Crippen LogP contribution in [0, 0.1) is 0 Å². The van der Waals surface area contributed by atoms with Gasteiger partial charge in [-0.1, -0.05) is 6.08 Å². The van der Waals surface area contributed by atoms with E-state index in [1.165, 1.54) is 6.92 Å². The summed E-state index contributed by atoms with van der Waals surface area (Å²) >= 11 is 0. The monoisotopic (exact) mass is 143 g/mol. The zero-order valence-electron chi connectivity index (χ0n) is 6.29. The SMILES string of the molecule is C=CC(C)NC(=O)[C@@H](C)O. The number of nitrogens with one attached hydrogen (secondary N) is 1. The molecule has 2 atom stereocenters. The zero-order valence-corrected chi connectivity index (χ0v) is 6.29. The van der Waals surface area contributed by atoms with Crippen LogP contribution in [0.15, 0.2) is 12.7 Å². The Kier molecular flexibility index (Phi) is 3.72. The van der Waals surface area contributed by atoms with Gasteiger partial charge in [-0.15, -0.1) is 6.58 Å². The van der Waals surface area contributed by atoms with Gasteiger partial charge in [0, 0.05) is 6.04 Å². The van der Waals surface area contributed by atoms with Gasteiger partial charge >= 0.3 is 0 Å². The summed E-state index contributed by atoms with van der Waals surface area (Å²) in [5.74, 6) is -0.368. The molecular weight excluding hydrogens is 130 g/mol. The largest absolute Gasteiger partial charge is 0.384 e. The number of hydrogen-bond donors (Lipinski definition) is 2. The van der Waals surface area contributed by atoms with Crippen molar-refractivity contribution in [3.63, 3.8) is 0 Å². The van der Waals surface area contributed by atoms with Crippen molar-refractivity contribution in [1.29, 1.82) is 0 Å². The molecule has 0 aromatic rings. The molecule has 0 aliphatic heterocycles. The summed E-state index contributed by atoms with van der Waals surface area (Å²) in [6.07, 6.45) is 0.655. The van der Waals surface area contributed by atoms with Crippen molar-refractivity contribution in [2.75, 3.05) is 0 Å². The number of rotatable bonds is 3. The Morgan fingerprint density at radius 3 is 2.50 bits per heavy atom. The molecule has 0 aliphatic rings. The van der Waals surface area contributed by atoms with Gasteiger partial charge in [0.2, 0.25) is 5.91 Å². The maximum absolute atomic E-state index is 10.7. The summed E-state index contributed by atoms with van der Waals surface area (Å²) in [6.45, 7) is 6.68. The molecule has 0 bridgehead atoms. The van der Waals surface area contributed by atoms with Crippen LogP contribution in [-0.4, -0.2) is 23.2 Å². The van der Waals surface area contributed by atoms with Crippen molar-refractivity contribution in [2.24, 2.45) is 0 Å². The third-order valence-electron chi connectivity index (χ3n) is 1.10. The number of amides is 1. The molecule has 10 heavy (non-hydrogen) atoms. The lowest BCUT2D eigenvalue weighted by atomic mass is 10.3. The van der Waals surface area contributed by atoms with Crippen molar-refractivity contribution in [1.82, 2.24) is 5.32 Å². The first-order valence-electron chi connectivity index (χ1n) is 3.19. The number of hydrogen-bond acceptors (Lipinski definition) is 2. The van der Waals surface area contributed by atoms with Gasteiger partial charge in [0.1, 0.15) is 6.10 Å². The van der Waals surface area contributed by atoms with Gasteiger partial charge in [0.15, 0.2) is 0 Å². The van der Waals surface area contributed by atoms with Crippen LogP contribution >= 0.6 is 0 Å². The zero-order chi connectivity index (χ0) is 8.15. The summed E-state index contributed by atoms with van der Waals surface area (Å²) in [5.41, 5.74) is 0. The van der Waals surface area contributed by atoms with E-state index in [1.807, 2.05) is 0 Å². The Hall–Kier alpha value is -0.830. The number of carbonyl (C=O) groups excluding carboxylic acids is 1. The molecule has 3 nitrogen and oxygen atoms in total. The molecule has 58 valence electrons. The van der Waals surface area contributed by atoms with Gasteiger partial charge in [0.25, 0.3) is 0 Å². The summed E-state index contributed by atoms with van der Waals surface area (Å²) < 4.78 is 0. The second-order valence-electron chi connectivity index (χ2n) is 2.21. The van der Waals surface area contributed by atoms with E-state index >= 15 is 0 Å². The van der Waals surface area contributed by atoms with E-state index in [4.69, 9.17) is 5.11 Å². The number of aliphatic hydroxyl groups is 1. The lowest BCUT2D eigenvalue weighted by Gasteiger charge is -2.09. The molecular formula is C7H13NO2.